The Labute approximate surface area is 177 Å². The van der Waals surface area contributed by atoms with E-state index in [4.69, 9.17) is 14.2 Å². The number of ether oxygens (including phenoxy) is 3. The fraction of sp³-hybridized carbons (Fsp3) is 0.318. The van der Waals surface area contributed by atoms with Crippen LogP contribution in [-0.2, 0) is 11.3 Å². The first-order valence-corrected chi connectivity index (χ1v) is 9.39. The van der Waals surface area contributed by atoms with Gasteiger partial charge >= 0.3 is 0 Å². The molecule has 3 rings (SSSR count). The van der Waals surface area contributed by atoms with Crippen LogP contribution in [0.5, 0.6) is 17.2 Å². The molecule has 0 unspecified atom stereocenters. The Morgan fingerprint density at radius 3 is 2.72 bits per heavy atom. The normalized spacial score (nSPS) is 11.9. The van der Waals surface area contributed by atoms with Crippen molar-refractivity contribution in [2.24, 2.45) is 0 Å². The average Bonchev–Trinajstić information content (AvgIpc) is 2.74. The summed E-state index contributed by atoms with van der Waals surface area (Å²) in [5.74, 6) is 2.12. The van der Waals surface area contributed by atoms with Crippen LogP contribution in [0.15, 0.2) is 55.1 Å². The number of hydrogen-bond donors (Lipinski definition) is 1. The van der Waals surface area contributed by atoms with Gasteiger partial charge in [-0.25, -0.2) is 0 Å². The third-order valence-electron chi connectivity index (χ3n) is 4.39. The van der Waals surface area contributed by atoms with Crippen molar-refractivity contribution in [3.05, 3.63) is 60.7 Å². The highest BCUT2D eigenvalue weighted by molar-refractivity contribution is 5.93. The monoisotopic (exact) mass is 418 g/mol. The van der Waals surface area contributed by atoms with Crippen LogP contribution in [0, 0.1) is 0 Å². The number of halogens is 1. The maximum absolute atomic E-state index is 13.0. The first kappa shape index (κ1) is 22.6. The summed E-state index contributed by atoms with van der Waals surface area (Å²) in [6.07, 6.45) is 2.09. The van der Waals surface area contributed by atoms with E-state index in [9.17, 15) is 4.79 Å². The predicted molar refractivity (Wildman–Crippen MR) is 117 cm³/mol. The lowest BCUT2D eigenvalue weighted by Crippen LogP contribution is -2.32. The minimum absolute atomic E-state index is 0. The maximum atomic E-state index is 13.0. The summed E-state index contributed by atoms with van der Waals surface area (Å²) >= 11 is 0. The number of para-hydroxylation sites is 1. The smallest absolute Gasteiger partial charge is 0.228 e. The highest BCUT2D eigenvalue weighted by atomic mass is 35.5. The molecular formula is C22H27ClN2O4. The minimum atomic E-state index is 0. The molecule has 29 heavy (non-hydrogen) atoms. The lowest BCUT2D eigenvalue weighted by atomic mass is 10.1. The fourth-order valence-electron chi connectivity index (χ4n) is 2.98. The van der Waals surface area contributed by atoms with Crippen LogP contribution in [-0.4, -0.2) is 39.3 Å². The summed E-state index contributed by atoms with van der Waals surface area (Å²) in [5.41, 5.74) is 1.70. The van der Waals surface area contributed by atoms with E-state index in [-0.39, 0.29) is 18.3 Å². The second-order valence-electron chi connectivity index (χ2n) is 6.37. The second kappa shape index (κ2) is 11.3. The Morgan fingerprint density at radius 1 is 1.21 bits per heavy atom. The van der Waals surface area contributed by atoms with Crippen LogP contribution in [0.1, 0.15) is 12.0 Å². The van der Waals surface area contributed by atoms with Gasteiger partial charge in [0.15, 0.2) is 11.5 Å². The van der Waals surface area contributed by atoms with E-state index < -0.39 is 0 Å². The molecule has 0 radical (unpaired) electrons. The molecule has 0 saturated carbocycles. The van der Waals surface area contributed by atoms with Gasteiger partial charge in [0.2, 0.25) is 5.91 Å². The van der Waals surface area contributed by atoms with Crippen molar-refractivity contribution in [1.82, 2.24) is 5.32 Å². The molecule has 0 atom stereocenters. The molecule has 1 aliphatic heterocycles. The molecule has 0 saturated heterocycles. The first-order chi connectivity index (χ1) is 13.7. The lowest BCUT2D eigenvalue weighted by Gasteiger charge is -2.26. The zero-order chi connectivity index (χ0) is 19.8. The number of carbonyl (C=O) groups is 1. The number of amides is 1. The molecule has 7 heteroatoms. The largest absolute Gasteiger partial charge is 0.489 e. The van der Waals surface area contributed by atoms with Crippen LogP contribution in [0.25, 0.3) is 0 Å². The molecule has 1 amide bonds. The third kappa shape index (κ3) is 5.89. The summed E-state index contributed by atoms with van der Waals surface area (Å²) in [6, 6.07) is 13.3. The number of carbonyl (C=O) groups excluding carboxylic acids is 1. The van der Waals surface area contributed by atoms with Crippen LogP contribution in [0.3, 0.4) is 0 Å². The van der Waals surface area contributed by atoms with Crippen molar-refractivity contribution in [3.8, 4) is 17.2 Å². The number of anilines is 1. The Hall–Kier alpha value is -2.70. The molecule has 156 valence electrons. The first-order valence-electron chi connectivity index (χ1n) is 9.39. The number of nitrogens with one attached hydrogen (secondary N) is 1. The number of benzene rings is 2. The zero-order valence-electron chi connectivity index (χ0n) is 16.6. The maximum Gasteiger partial charge on any atom is 0.228 e. The molecule has 2 aromatic rings. The molecule has 2 aromatic carbocycles. The molecule has 0 aliphatic carbocycles. The lowest BCUT2D eigenvalue weighted by molar-refractivity contribution is -0.118. The van der Waals surface area contributed by atoms with E-state index in [0.717, 1.165) is 17.0 Å². The van der Waals surface area contributed by atoms with Crippen molar-refractivity contribution in [2.75, 3.05) is 38.3 Å². The highest BCUT2D eigenvalue weighted by Crippen LogP contribution is 2.35. The van der Waals surface area contributed by atoms with E-state index in [1.807, 2.05) is 49.5 Å². The molecule has 0 aromatic heterocycles. The Balaban J connectivity index is 0.00000300. The minimum Gasteiger partial charge on any atom is -0.489 e. The van der Waals surface area contributed by atoms with E-state index in [2.05, 4.69) is 11.9 Å². The number of hydrogen-bond acceptors (Lipinski definition) is 5. The van der Waals surface area contributed by atoms with E-state index in [0.29, 0.717) is 50.8 Å². The Kier molecular flexibility index (Phi) is 8.83. The zero-order valence-corrected chi connectivity index (χ0v) is 17.4. The SMILES string of the molecule is C=CCOc1ccccc1CN(C(=O)CCNC)c1ccc2c(c1)OCCO2.Cl. The fourth-order valence-corrected chi connectivity index (χ4v) is 2.98. The van der Waals surface area contributed by atoms with Crippen molar-refractivity contribution in [2.45, 2.75) is 13.0 Å². The quantitative estimate of drug-likeness (QED) is 0.630. The van der Waals surface area contributed by atoms with Crippen LogP contribution in [0.2, 0.25) is 0 Å². The average molecular weight is 419 g/mol. The van der Waals surface area contributed by atoms with Gasteiger partial charge in [0.05, 0.1) is 6.54 Å². The molecule has 0 bridgehead atoms. The third-order valence-corrected chi connectivity index (χ3v) is 4.39. The van der Waals surface area contributed by atoms with Gasteiger partial charge < -0.3 is 24.4 Å². The molecule has 1 heterocycles. The summed E-state index contributed by atoms with van der Waals surface area (Å²) in [6.45, 7) is 6.15. The number of nitrogens with zero attached hydrogens (tertiary/aromatic N) is 1. The van der Waals surface area contributed by atoms with Crippen LogP contribution >= 0.6 is 12.4 Å². The van der Waals surface area contributed by atoms with E-state index in [1.165, 1.54) is 0 Å². The molecular weight excluding hydrogens is 392 g/mol. The van der Waals surface area contributed by atoms with Gasteiger partial charge in [-0.2, -0.15) is 0 Å². The molecule has 6 nitrogen and oxygen atoms in total. The summed E-state index contributed by atoms with van der Waals surface area (Å²) in [7, 11) is 1.83. The van der Waals surface area contributed by atoms with Crippen LogP contribution < -0.4 is 24.4 Å². The van der Waals surface area contributed by atoms with Crippen molar-refractivity contribution in [1.29, 1.82) is 0 Å². The van der Waals surface area contributed by atoms with Gasteiger partial charge in [0, 0.05) is 30.3 Å². The summed E-state index contributed by atoms with van der Waals surface area (Å²) in [4.78, 5) is 14.7. The van der Waals surface area contributed by atoms with Crippen molar-refractivity contribution in [3.63, 3.8) is 0 Å². The van der Waals surface area contributed by atoms with Crippen molar-refractivity contribution >= 4 is 24.0 Å². The van der Waals surface area contributed by atoms with Gasteiger partial charge in [-0.15, -0.1) is 12.4 Å². The van der Waals surface area contributed by atoms with Crippen molar-refractivity contribution < 1.29 is 19.0 Å². The van der Waals surface area contributed by atoms with E-state index in [1.54, 1.807) is 11.0 Å². The predicted octanol–water partition coefficient (Wildman–Crippen LogP) is 3.59. The van der Waals surface area contributed by atoms with E-state index >= 15 is 0 Å². The Morgan fingerprint density at radius 2 is 1.97 bits per heavy atom. The Bertz CT molecular complexity index is 828. The standard InChI is InChI=1S/C22H26N2O4.ClH/c1-3-12-26-19-7-5-4-6-17(19)16-24(22(25)10-11-23-2)18-8-9-20-21(15-18)28-14-13-27-20;/h3-9,15,23H,1,10-14,16H2,2H3;1H. The van der Waals surface area contributed by atoms with Gasteiger partial charge in [-0.05, 0) is 25.2 Å². The second-order valence-corrected chi connectivity index (χ2v) is 6.37. The molecule has 0 fully saturated rings. The number of fused-ring (bicyclic) bond motifs is 1. The van der Waals surface area contributed by atoms with Crippen LogP contribution in [0.4, 0.5) is 5.69 Å². The topological polar surface area (TPSA) is 60.0 Å². The van der Waals surface area contributed by atoms with Gasteiger partial charge in [-0.1, -0.05) is 30.9 Å². The summed E-state index contributed by atoms with van der Waals surface area (Å²) < 4.78 is 17.0. The van der Waals surface area contributed by atoms with Gasteiger partial charge in [0.25, 0.3) is 0 Å². The van der Waals surface area contributed by atoms with Gasteiger partial charge in [-0.3, -0.25) is 4.79 Å². The van der Waals surface area contributed by atoms with Gasteiger partial charge in [0.1, 0.15) is 25.6 Å². The molecule has 1 N–H and O–H groups in total. The highest BCUT2D eigenvalue weighted by Gasteiger charge is 2.21. The molecule has 1 aliphatic rings. The molecule has 0 spiro atoms. The summed E-state index contributed by atoms with van der Waals surface area (Å²) in [5, 5.41) is 3.03. The number of rotatable bonds is 9.